The van der Waals surface area contributed by atoms with Crippen molar-refractivity contribution in [1.29, 1.82) is 0 Å². The lowest BCUT2D eigenvalue weighted by molar-refractivity contribution is -0.141. The molecule has 0 aromatic heterocycles. The summed E-state index contributed by atoms with van der Waals surface area (Å²) < 4.78 is 0. The summed E-state index contributed by atoms with van der Waals surface area (Å²) in [6.07, 6.45) is 3.74. The van der Waals surface area contributed by atoms with Gasteiger partial charge < -0.3 is 55.0 Å². The van der Waals surface area contributed by atoms with Crippen LogP contribution < -0.4 is 49.9 Å². The van der Waals surface area contributed by atoms with Gasteiger partial charge in [-0.05, 0) is 77.4 Å². The van der Waals surface area contributed by atoms with Gasteiger partial charge in [0.2, 0.25) is 29.5 Å². The number of amides is 5. The zero-order valence-electron chi connectivity index (χ0n) is 24.7. The molecule has 0 aromatic carbocycles. The number of thiol groups is 1. The van der Waals surface area contributed by atoms with Crippen LogP contribution in [0.3, 0.4) is 0 Å². The molecule has 0 rings (SSSR count). The van der Waals surface area contributed by atoms with Gasteiger partial charge >= 0.3 is 5.97 Å². The zero-order chi connectivity index (χ0) is 32.8. The van der Waals surface area contributed by atoms with E-state index in [0.29, 0.717) is 64.6 Å². The Labute approximate surface area is 258 Å². The highest BCUT2D eigenvalue weighted by molar-refractivity contribution is 7.80. The normalized spacial score (nSPS) is 14.4. The van der Waals surface area contributed by atoms with Crippen molar-refractivity contribution in [2.75, 3.05) is 25.4 Å². The lowest BCUT2D eigenvalue weighted by Crippen LogP contribution is -2.58. The van der Waals surface area contributed by atoms with Crippen LogP contribution in [0.15, 0.2) is 0 Å². The molecule has 0 unspecified atom stereocenters. The second-order valence-corrected chi connectivity index (χ2v) is 10.6. The smallest absolute Gasteiger partial charge is 0.327 e. The number of carboxylic acids is 1. The maximum Gasteiger partial charge on any atom is 0.327 e. The van der Waals surface area contributed by atoms with Crippen LogP contribution >= 0.6 is 12.6 Å². The second kappa shape index (κ2) is 23.5. The molecule has 0 fully saturated rings. The molecule has 0 radical (unpaired) electrons. The summed E-state index contributed by atoms with van der Waals surface area (Å²) in [6.45, 7) is 1.19. The molecule has 0 aromatic rings. The van der Waals surface area contributed by atoms with Crippen LogP contribution in [0.25, 0.3) is 0 Å². The molecule has 17 heteroatoms. The van der Waals surface area contributed by atoms with Crippen molar-refractivity contribution in [3.8, 4) is 0 Å². The molecule has 0 spiro atoms. The van der Waals surface area contributed by atoms with Crippen LogP contribution in [0, 0.1) is 0 Å². The molecule has 0 aliphatic carbocycles. The van der Waals surface area contributed by atoms with Gasteiger partial charge in [0.05, 0.1) is 6.04 Å². The third-order valence-electron chi connectivity index (χ3n) is 6.58. The average molecular weight is 634 g/mol. The topological polar surface area (TPSA) is 301 Å². The van der Waals surface area contributed by atoms with Crippen molar-refractivity contribution in [3.63, 3.8) is 0 Å². The minimum Gasteiger partial charge on any atom is -0.480 e. The molecule has 0 bridgehead atoms. The molecular weight excluding hydrogens is 582 g/mol. The zero-order valence-corrected chi connectivity index (χ0v) is 25.6. The Morgan fingerprint density at radius 2 is 0.953 bits per heavy atom. The average Bonchev–Trinajstić information content (AvgIpc) is 2.96. The lowest BCUT2D eigenvalue weighted by Gasteiger charge is -2.26. The monoisotopic (exact) mass is 633 g/mol. The van der Waals surface area contributed by atoms with Crippen molar-refractivity contribution in [1.82, 2.24) is 21.3 Å². The number of primary amides is 1. The predicted octanol–water partition coefficient (Wildman–Crippen LogP) is -3.08. The molecule has 43 heavy (non-hydrogen) atoms. The first-order chi connectivity index (χ1) is 20.4. The van der Waals surface area contributed by atoms with E-state index < -0.39 is 65.7 Å². The van der Waals surface area contributed by atoms with E-state index in [9.17, 15) is 33.9 Å². The van der Waals surface area contributed by atoms with E-state index in [2.05, 4.69) is 33.9 Å². The van der Waals surface area contributed by atoms with E-state index in [-0.39, 0.29) is 31.4 Å². The largest absolute Gasteiger partial charge is 0.480 e. The SMILES string of the molecule is NCCCC[C@H](NC(=O)[C@H](CCCCN)NC(=O)[C@@H](N)CCCCN)C(=O)N[C@@H](CCC(N)=O)C(=O)N[C@@H](CS)C(=O)O. The molecule has 0 aliphatic rings. The number of rotatable bonds is 25. The fourth-order valence-corrected chi connectivity index (χ4v) is 4.25. The minimum absolute atomic E-state index is 0.148. The molecular formula is C26H51N9O7S. The van der Waals surface area contributed by atoms with Gasteiger partial charge in [-0.15, -0.1) is 0 Å². The number of carbonyl (C=O) groups excluding carboxylic acids is 5. The first-order valence-corrected chi connectivity index (χ1v) is 15.2. The quantitative estimate of drug-likeness (QED) is 0.0354. The first-order valence-electron chi connectivity index (χ1n) is 14.6. The van der Waals surface area contributed by atoms with Gasteiger partial charge in [0, 0.05) is 12.2 Å². The molecule has 5 amide bonds. The molecule has 248 valence electrons. The van der Waals surface area contributed by atoms with Crippen LogP contribution in [0.2, 0.25) is 0 Å². The van der Waals surface area contributed by atoms with Gasteiger partial charge in [0.15, 0.2) is 0 Å². The van der Waals surface area contributed by atoms with Gasteiger partial charge in [-0.25, -0.2) is 4.79 Å². The fourth-order valence-electron chi connectivity index (χ4n) is 4.00. The standard InChI is InChI=1S/C26H51N9O7S/c27-12-4-1-7-16(30)22(37)32-17(8-2-5-13-28)23(38)33-18(9-3-6-14-29)24(39)34-19(10-11-21(31)36)25(40)35-20(15-43)26(41)42/h16-20,43H,1-15,27-30H2,(H2,31,36)(H,32,37)(H,33,38)(H,34,39)(H,35,40)(H,41,42)/t16-,17-,18-,19-,20-/m0/s1. The molecule has 0 aliphatic heterocycles. The highest BCUT2D eigenvalue weighted by Gasteiger charge is 2.31. The van der Waals surface area contributed by atoms with Crippen LogP contribution in [0.1, 0.15) is 70.6 Å². The Bertz CT molecular complexity index is 897. The van der Waals surface area contributed by atoms with Crippen LogP contribution in [-0.4, -0.2) is 96.2 Å². The number of hydrogen-bond donors (Lipinski definition) is 11. The van der Waals surface area contributed by atoms with E-state index in [1.165, 1.54) is 0 Å². The Morgan fingerprint density at radius 3 is 1.33 bits per heavy atom. The van der Waals surface area contributed by atoms with Gasteiger partial charge in [-0.3, -0.25) is 24.0 Å². The summed E-state index contributed by atoms with van der Waals surface area (Å²) in [7, 11) is 0. The second-order valence-electron chi connectivity index (χ2n) is 10.2. The highest BCUT2D eigenvalue weighted by Crippen LogP contribution is 2.08. The Kier molecular flexibility index (Phi) is 21.8. The third kappa shape index (κ3) is 17.7. The number of carbonyl (C=O) groups is 6. The molecule has 0 heterocycles. The van der Waals surface area contributed by atoms with E-state index in [0.717, 1.165) is 0 Å². The van der Waals surface area contributed by atoms with Crippen molar-refractivity contribution in [2.24, 2.45) is 28.7 Å². The Hall–Kier alpha value is -2.99. The predicted molar refractivity (Wildman–Crippen MR) is 164 cm³/mol. The van der Waals surface area contributed by atoms with E-state index in [4.69, 9.17) is 28.7 Å². The van der Waals surface area contributed by atoms with Gasteiger partial charge in [0.1, 0.15) is 24.2 Å². The minimum atomic E-state index is -1.34. The molecule has 5 atom stereocenters. The van der Waals surface area contributed by atoms with Crippen LogP contribution in [0.5, 0.6) is 0 Å². The molecule has 15 N–H and O–H groups in total. The Balaban J connectivity index is 5.84. The summed E-state index contributed by atoms with van der Waals surface area (Å²) in [5, 5.41) is 19.3. The number of nitrogens with two attached hydrogens (primary N) is 5. The summed E-state index contributed by atoms with van der Waals surface area (Å²) in [6, 6.07) is -5.68. The highest BCUT2D eigenvalue weighted by atomic mass is 32.1. The summed E-state index contributed by atoms with van der Waals surface area (Å²) in [4.78, 5) is 75.1. The summed E-state index contributed by atoms with van der Waals surface area (Å²) >= 11 is 3.91. The fraction of sp³-hybridized carbons (Fsp3) is 0.769. The molecule has 0 saturated heterocycles. The molecule has 16 nitrogen and oxygen atoms in total. The molecule has 0 saturated carbocycles. The van der Waals surface area contributed by atoms with Crippen molar-refractivity contribution in [2.45, 2.75) is 101 Å². The number of nitrogens with one attached hydrogen (secondary N) is 4. The summed E-state index contributed by atoms with van der Waals surface area (Å²) in [5.41, 5.74) is 27.9. The van der Waals surface area contributed by atoms with Crippen molar-refractivity contribution < 1.29 is 33.9 Å². The Morgan fingerprint density at radius 1 is 0.581 bits per heavy atom. The number of unbranched alkanes of at least 4 members (excludes halogenated alkanes) is 3. The van der Waals surface area contributed by atoms with Crippen LogP contribution in [-0.2, 0) is 28.8 Å². The van der Waals surface area contributed by atoms with E-state index in [1.54, 1.807) is 0 Å². The summed E-state index contributed by atoms with van der Waals surface area (Å²) in [5.74, 6) is -5.06. The van der Waals surface area contributed by atoms with Crippen molar-refractivity contribution >= 4 is 48.1 Å². The number of hydrogen-bond acceptors (Lipinski definition) is 11. The number of carboxylic acid groups (broad SMARTS) is 1. The van der Waals surface area contributed by atoms with Gasteiger partial charge in [0.25, 0.3) is 0 Å². The van der Waals surface area contributed by atoms with E-state index in [1.807, 2.05) is 0 Å². The number of aliphatic carboxylic acids is 1. The van der Waals surface area contributed by atoms with Gasteiger partial charge in [-0.1, -0.05) is 6.42 Å². The third-order valence-corrected chi connectivity index (χ3v) is 6.94. The lowest BCUT2D eigenvalue weighted by atomic mass is 10.0. The maximum atomic E-state index is 13.4. The van der Waals surface area contributed by atoms with Crippen molar-refractivity contribution in [3.05, 3.63) is 0 Å². The maximum absolute atomic E-state index is 13.4. The van der Waals surface area contributed by atoms with E-state index >= 15 is 0 Å². The van der Waals surface area contributed by atoms with Gasteiger partial charge in [-0.2, -0.15) is 12.6 Å². The van der Waals surface area contributed by atoms with Crippen LogP contribution in [0.4, 0.5) is 0 Å². The first kappa shape index (κ1) is 40.0.